The van der Waals surface area contributed by atoms with E-state index < -0.39 is 0 Å². The Hall–Kier alpha value is -2.50. The van der Waals surface area contributed by atoms with Crippen LogP contribution in [-0.2, 0) is 16.0 Å². The summed E-state index contributed by atoms with van der Waals surface area (Å²) in [6.07, 6.45) is 1.54. The lowest BCUT2D eigenvalue weighted by atomic mass is 9.81. The molecule has 0 radical (unpaired) electrons. The molecule has 0 bridgehead atoms. The fourth-order valence-corrected chi connectivity index (χ4v) is 3.78. The van der Waals surface area contributed by atoms with Crippen molar-refractivity contribution in [3.05, 3.63) is 64.2 Å². The molecule has 156 valence electrons. The maximum atomic E-state index is 13.3. The van der Waals surface area contributed by atoms with Crippen molar-refractivity contribution >= 4 is 52.1 Å². The molecule has 0 heterocycles. The van der Waals surface area contributed by atoms with Crippen molar-refractivity contribution in [1.29, 1.82) is 0 Å². The van der Waals surface area contributed by atoms with E-state index in [0.29, 0.717) is 42.1 Å². The Balaban J connectivity index is 2.07. The number of benzene rings is 2. The van der Waals surface area contributed by atoms with Gasteiger partial charge in [0.25, 0.3) is 0 Å². The van der Waals surface area contributed by atoms with Gasteiger partial charge in [0.1, 0.15) is 5.78 Å². The van der Waals surface area contributed by atoms with Gasteiger partial charge in [-0.3, -0.25) is 19.2 Å². The summed E-state index contributed by atoms with van der Waals surface area (Å²) in [5.74, 6) is -0.296. The third-order valence-corrected chi connectivity index (χ3v) is 5.49. The molecule has 0 saturated carbocycles. The number of hydrogen-bond donors (Lipinski definition) is 1. The second-order valence-electron chi connectivity index (χ2n) is 7.07. The fraction of sp³-hybridized carbons (Fsp3) is 0.304. The van der Waals surface area contributed by atoms with Crippen molar-refractivity contribution in [2.45, 2.75) is 32.1 Å². The zero-order chi connectivity index (χ0) is 21.7. The summed E-state index contributed by atoms with van der Waals surface area (Å²) in [7, 11) is 0. The Morgan fingerprint density at radius 2 is 1.43 bits per heavy atom. The highest BCUT2D eigenvalue weighted by Crippen LogP contribution is 2.35. The third kappa shape index (κ3) is 4.63. The highest BCUT2D eigenvalue weighted by molar-refractivity contribution is 6.30. The fourth-order valence-electron chi connectivity index (χ4n) is 3.51. The number of hydrogen-bond acceptors (Lipinski definition) is 4. The van der Waals surface area contributed by atoms with Crippen molar-refractivity contribution in [3.8, 4) is 0 Å². The molecule has 3 rings (SSSR count). The first-order chi connectivity index (χ1) is 14.5. The maximum Gasteiger partial charge on any atom is 0.224 e. The second-order valence-corrected chi connectivity index (χ2v) is 7.83. The molecule has 30 heavy (non-hydrogen) atoms. The number of ketones is 3. The first kappa shape index (κ1) is 22.2. The van der Waals surface area contributed by atoms with Gasteiger partial charge in [-0.1, -0.05) is 30.3 Å². The smallest absolute Gasteiger partial charge is 0.224 e. The van der Waals surface area contributed by atoms with Crippen LogP contribution in [0.25, 0.3) is 0 Å². The van der Waals surface area contributed by atoms with Crippen LogP contribution < -0.4 is 5.32 Å². The molecular formula is C23H21Cl2NO4. The van der Waals surface area contributed by atoms with Crippen LogP contribution in [0.2, 0.25) is 0 Å². The Kier molecular flexibility index (Phi) is 7.40. The molecule has 0 fully saturated rings. The van der Waals surface area contributed by atoms with Crippen LogP contribution in [0.15, 0.2) is 36.4 Å². The quantitative estimate of drug-likeness (QED) is 0.489. The molecule has 0 unspecified atom stereocenters. The monoisotopic (exact) mass is 445 g/mol. The molecule has 1 N–H and O–H groups in total. The van der Waals surface area contributed by atoms with Gasteiger partial charge >= 0.3 is 0 Å². The maximum absolute atomic E-state index is 13.3. The summed E-state index contributed by atoms with van der Waals surface area (Å²) >= 11 is 11.3. The minimum Gasteiger partial charge on any atom is -0.325 e. The molecule has 1 aliphatic rings. The Morgan fingerprint density at radius 1 is 0.800 bits per heavy atom. The molecule has 1 aliphatic carbocycles. The Labute approximate surface area is 184 Å². The second kappa shape index (κ2) is 10.0. The van der Waals surface area contributed by atoms with E-state index in [4.69, 9.17) is 23.2 Å². The molecule has 1 amide bonds. The van der Waals surface area contributed by atoms with Gasteiger partial charge in [-0.25, -0.2) is 0 Å². The lowest BCUT2D eigenvalue weighted by Crippen LogP contribution is -2.25. The van der Waals surface area contributed by atoms with E-state index in [1.807, 2.05) is 0 Å². The summed E-state index contributed by atoms with van der Waals surface area (Å²) in [5.41, 5.74) is 1.73. The zero-order valence-electron chi connectivity index (χ0n) is 16.3. The number of alkyl halides is 2. The Bertz CT molecular complexity index is 1020. The lowest BCUT2D eigenvalue weighted by molar-refractivity contribution is -0.118. The van der Waals surface area contributed by atoms with E-state index in [9.17, 15) is 19.2 Å². The van der Waals surface area contributed by atoms with Gasteiger partial charge in [0, 0.05) is 47.7 Å². The van der Waals surface area contributed by atoms with Crippen molar-refractivity contribution in [2.24, 2.45) is 0 Å². The van der Waals surface area contributed by atoms with Gasteiger partial charge in [-0.2, -0.15) is 0 Å². The summed E-state index contributed by atoms with van der Waals surface area (Å²) in [4.78, 5) is 51.0. The number of amides is 1. The number of anilines is 1. The van der Waals surface area contributed by atoms with Crippen molar-refractivity contribution < 1.29 is 19.2 Å². The summed E-state index contributed by atoms with van der Waals surface area (Å²) in [6, 6.07) is 9.79. The van der Waals surface area contributed by atoms with Gasteiger partial charge in [-0.15, -0.1) is 23.2 Å². The minimum atomic E-state index is -0.345. The largest absolute Gasteiger partial charge is 0.325 e. The highest BCUT2D eigenvalue weighted by atomic mass is 35.5. The van der Waals surface area contributed by atoms with E-state index in [-0.39, 0.29) is 58.5 Å². The molecule has 0 saturated heterocycles. The number of halogens is 2. The lowest BCUT2D eigenvalue weighted by Gasteiger charge is -2.22. The van der Waals surface area contributed by atoms with Crippen LogP contribution in [0.5, 0.6) is 0 Å². The molecule has 7 heteroatoms. The normalized spacial score (nSPS) is 12.3. The predicted molar refractivity (Wildman–Crippen MR) is 117 cm³/mol. The zero-order valence-corrected chi connectivity index (χ0v) is 17.8. The predicted octanol–water partition coefficient (Wildman–Crippen LogP) is 4.55. The minimum absolute atomic E-state index is 0.0401. The van der Waals surface area contributed by atoms with Gasteiger partial charge in [0.2, 0.25) is 5.91 Å². The van der Waals surface area contributed by atoms with Crippen LogP contribution in [0, 0.1) is 0 Å². The first-order valence-corrected chi connectivity index (χ1v) is 10.8. The van der Waals surface area contributed by atoms with Crippen molar-refractivity contribution in [1.82, 2.24) is 0 Å². The first-order valence-electron chi connectivity index (χ1n) is 9.75. The topological polar surface area (TPSA) is 80.3 Å². The summed E-state index contributed by atoms with van der Waals surface area (Å²) in [5, 5.41) is 2.77. The van der Waals surface area contributed by atoms with Crippen LogP contribution in [0.3, 0.4) is 0 Å². The van der Waals surface area contributed by atoms with E-state index in [2.05, 4.69) is 5.32 Å². The molecule has 0 spiro atoms. The highest BCUT2D eigenvalue weighted by Gasteiger charge is 2.33. The molecule has 5 nitrogen and oxygen atoms in total. The number of fused-ring (bicyclic) bond motifs is 2. The summed E-state index contributed by atoms with van der Waals surface area (Å²) in [6.45, 7) is 0. The number of carbonyl (C=O) groups is 4. The van der Waals surface area contributed by atoms with E-state index in [1.165, 1.54) is 0 Å². The molecule has 2 aromatic carbocycles. The standard InChI is InChI=1S/C23H21Cl2NO4/c24-11-3-5-15(27)13-14-9-10-18-20(21(14)26-19(28)8-4-12-25)23(30)17-7-2-1-6-16(17)22(18)29/h1-2,6-7,9-10H,3-5,8,11-13H2,(H,26,28). The van der Waals surface area contributed by atoms with Gasteiger partial charge in [-0.05, 0) is 24.5 Å². The average Bonchev–Trinajstić information content (AvgIpc) is 2.75. The average molecular weight is 446 g/mol. The van der Waals surface area contributed by atoms with Crippen molar-refractivity contribution in [2.75, 3.05) is 17.1 Å². The van der Waals surface area contributed by atoms with Crippen LogP contribution >= 0.6 is 23.2 Å². The van der Waals surface area contributed by atoms with Crippen LogP contribution in [0.1, 0.15) is 63.1 Å². The number of Topliss-reactive ketones (excluding diaryl/α,β-unsaturated/α-hetero) is 1. The molecule has 2 aromatic rings. The molecule has 0 aliphatic heterocycles. The van der Waals surface area contributed by atoms with Gasteiger partial charge in [0.05, 0.1) is 11.3 Å². The molecule has 0 aromatic heterocycles. The van der Waals surface area contributed by atoms with Crippen LogP contribution in [-0.4, -0.2) is 35.0 Å². The van der Waals surface area contributed by atoms with Crippen LogP contribution in [0.4, 0.5) is 5.69 Å². The Morgan fingerprint density at radius 3 is 2.10 bits per heavy atom. The van der Waals surface area contributed by atoms with Gasteiger partial charge < -0.3 is 5.32 Å². The molecular weight excluding hydrogens is 425 g/mol. The number of rotatable bonds is 9. The van der Waals surface area contributed by atoms with E-state index in [0.717, 1.165) is 0 Å². The van der Waals surface area contributed by atoms with E-state index in [1.54, 1.807) is 36.4 Å². The van der Waals surface area contributed by atoms with Gasteiger partial charge in [0.15, 0.2) is 11.6 Å². The summed E-state index contributed by atoms with van der Waals surface area (Å²) < 4.78 is 0. The van der Waals surface area contributed by atoms with Crippen molar-refractivity contribution in [3.63, 3.8) is 0 Å². The number of carbonyl (C=O) groups excluding carboxylic acids is 4. The SMILES string of the molecule is O=C(CCCCl)Cc1ccc2c(c1NC(=O)CCCCl)C(=O)c1ccccc1C2=O. The van der Waals surface area contributed by atoms with E-state index >= 15 is 0 Å². The number of nitrogens with one attached hydrogen (secondary N) is 1. The third-order valence-electron chi connectivity index (χ3n) is 4.96. The molecule has 0 atom stereocenters.